The van der Waals surface area contributed by atoms with Crippen LogP contribution in [-0.4, -0.2) is 36.4 Å². The molecular weight excluding hydrogens is 432 g/mol. The van der Waals surface area contributed by atoms with Gasteiger partial charge in [-0.25, -0.2) is 4.98 Å². The molecule has 31 heavy (non-hydrogen) atoms. The zero-order valence-electron chi connectivity index (χ0n) is 17.9. The molecule has 2 amide bonds. The highest BCUT2D eigenvalue weighted by atomic mass is 35.5. The van der Waals surface area contributed by atoms with Crippen molar-refractivity contribution in [1.29, 1.82) is 0 Å². The molecule has 0 aliphatic carbocycles. The minimum absolute atomic E-state index is 0.00340. The van der Waals surface area contributed by atoms with Crippen molar-refractivity contribution in [3.8, 4) is 0 Å². The van der Waals surface area contributed by atoms with Gasteiger partial charge in [0.15, 0.2) is 0 Å². The molecule has 1 unspecified atom stereocenters. The molecule has 4 N–H and O–H groups in total. The lowest BCUT2D eigenvalue weighted by molar-refractivity contribution is -0.122. The fourth-order valence-corrected chi connectivity index (χ4v) is 4.08. The number of thiazole rings is 1. The number of rotatable bonds is 8. The molecule has 0 saturated carbocycles. The van der Waals surface area contributed by atoms with Gasteiger partial charge in [-0.2, -0.15) is 0 Å². The molecular formula is C23H29ClN4O2S. The quantitative estimate of drug-likeness (QED) is 0.477. The SMILES string of the molecule is CCC(=O)NC.NCC(Cc1ccccc1)NC(=O)CCc1nc2ccc(Cl)cc2s1. The van der Waals surface area contributed by atoms with Crippen molar-refractivity contribution in [1.82, 2.24) is 15.6 Å². The van der Waals surface area contributed by atoms with Crippen LogP contribution in [-0.2, 0) is 22.4 Å². The maximum absolute atomic E-state index is 12.2. The van der Waals surface area contributed by atoms with Crippen LogP contribution in [0.2, 0.25) is 5.02 Å². The number of aryl methyl sites for hydroxylation is 1. The number of carbonyl (C=O) groups excluding carboxylic acids is 2. The molecule has 0 bridgehead atoms. The highest BCUT2D eigenvalue weighted by Crippen LogP contribution is 2.25. The van der Waals surface area contributed by atoms with Crippen LogP contribution >= 0.6 is 22.9 Å². The number of halogens is 1. The predicted octanol–water partition coefficient (Wildman–Crippen LogP) is 3.71. The Kier molecular flexibility index (Phi) is 10.4. The summed E-state index contributed by atoms with van der Waals surface area (Å²) >= 11 is 7.58. The lowest BCUT2D eigenvalue weighted by Crippen LogP contribution is -2.41. The number of nitrogens with two attached hydrogens (primary N) is 1. The first kappa shape index (κ1) is 24.8. The standard InChI is InChI=1S/C19H20ClN3OS.C4H9NO/c20-14-6-7-16-17(11-14)25-19(23-16)9-8-18(24)22-15(12-21)10-13-4-2-1-3-5-13;1-3-4(6)5-2/h1-7,11,15H,8-10,12,21H2,(H,22,24);3H2,1-2H3,(H,5,6). The van der Waals surface area contributed by atoms with Crippen LogP contribution in [0, 0.1) is 0 Å². The maximum Gasteiger partial charge on any atom is 0.220 e. The molecule has 0 radical (unpaired) electrons. The summed E-state index contributed by atoms with van der Waals surface area (Å²) in [6.07, 6.45) is 2.34. The van der Waals surface area contributed by atoms with Gasteiger partial charge >= 0.3 is 0 Å². The molecule has 0 fully saturated rings. The number of amides is 2. The lowest BCUT2D eigenvalue weighted by Gasteiger charge is -2.16. The number of carbonyl (C=O) groups is 2. The first-order valence-electron chi connectivity index (χ1n) is 10.2. The van der Waals surface area contributed by atoms with Crippen LogP contribution in [0.5, 0.6) is 0 Å². The van der Waals surface area contributed by atoms with E-state index < -0.39 is 0 Å². The average molecular weight is 461 g/mol. The van der Waals surface area contributed by atoms with Gasteiger partial charge in [-0.3, -0.25) is 9.59 Å². The number of aromatic nitrogens is 1. The van der Waals surface area contributed by atoms with E-state index in [0.29, 0.717) is 30.8 Å². The number of fused-ring (bicyclic) bond motifs is 1. The first-order valence-corrected chi connectivity index (χ1v) is 11.4. The lowest BCUT2D eigenvalue weighted by atomic mass is 10.1. The Balaban J connectivity index is 0.000000501. The summed E-state index contributed by atoms with van der Waals surface area (Å²) in [6.45, 7) is 2.24. The molecule has 8 heteroatoms. The van der Waals surface area contributed by atoms with Gasteiger partial charge < -0.3 is 16.4 Å². The van der Waals surface area contributed by atoms with E-state index in [0.717, 1.165) is 21.6 Å². The van der Waals surface area contributed by atoms with Crippen LogP contribution in [0.15, 0.2) is 48.5 Å². The van der Waals surface area contributed by atoms with Gasteiger partial charge in [0.1, 0.15) is 0 Å². The van der Waals surface area contributed by atoms with Gasteiger partial charge in [-0.1, -0.05) is 48.9 Å². The summed E-state index contributed by atoms with van der Waals surface area (Å²) < 4.78 is 1.05. The van der Waals surface area contributed by atoms with E-state index in [1.54, 1.807) is 18.4 Å². The molecule has 3 aromatic rings. The number of nitrogens with one attached hydrogen (secondary N) is 2. The predicted molar refractivity (Wildman–Crippen MR) is 128 cm³/mol. The summed E-state index contributed by atoms with van der Waals surface area (Å²) in [5.74, 6) is 0.0960. The molecule has 6 nitrogen and oxygen atoms in total. The van der Waals surface area contributed by atoms with Crippen molar-refractivity contribution in [2.24, 2.45) is 5.73 Å². The molecule has 1 aromatic heterocycles. The molecule has 0 saturated heterocycles. The fraction of sp³-hybridized carbons (Fsp3) is 0.348. The van der Waals surface area contributed by atoms with Crippen molar-refractivity contribution in [2.75, 3.05) is 13.6 Å². The minimum Gasteiger partial charge on any atom is -0.359 e. The first-order chi connectivity index (χ1) is 14.9. The van der Waals surface area contributed by atoms with Crippen molar-refractivity contribution in [3.63, 3.8) is 0 Å². The monoisotopic (exact) mass is 460 g/mol. The second kappa shape index (κ2) is 13.0. The second-order valence-electron chi connectivity index (χ2n) is 6.94. The van der Waals surface area contributed by atoms with E-state index in [2.05, 4.69) is 15.6 Å². The van der Waals surface area contributed by atoms with Crippen LogP contribution in [0.25, 0.3) is 10.2 Å². The second-order valence-corrected chi connectivity index (χ2v) is 8.49. The van der Waals surface area contributed by atoms with Crippen molar-refractivity contribution < 1.29 is 9.59 Å². The summed E-state index contributed by atoms with van der Waals surface area (Å²) in [5.41, 5.74) is 7.90. The Morgan fingerprint density at radius 2 is 1.90 bits per heavy atom. The number of hydrogen-bond acceptors (Lipinski definition) is 5. The molecule has 0 spiro atoms. The molecule has 0 aliphatic heterocycles. The van der Waals surface area contributed by atoms with Crippen molar-refractivity contribution in [2.45, 2.75) is 38.6 Å². The molecule has 166 valence electrons. The Morgan fingerprint density at radius 1 is 1.16 bits per heavy atom. The largest absolute Gasteiger partial charge is 0.359 e. The summed E-state index contributed by atoms with van der Waals surface area (Å²) in [5, 5.41) is 7.14. The maximum atomic E-state index is 12.2. The van der Waals surface area contributed by atoms with E-state index in [1.807, 2.05) is 55.5 Å². The third kappa shape index (κ3) is 8.65. The summed E-state index contributed by atoms with van der Waals surface area (Å²) in [4.78, 5) is 26.9. The van der Waals surface area contributed by atoms with Gasteiger partial charge in [0.05, 0.1) is 15.2 Å². The highest BCUT2D eigenvalue weighted by molar-refractivity contribution is 7.18. The summed E-state index contributed by atoms with van der Waals surface area (Å²) in [7, 11) is 1.63. The number of benzene rings is 2. The Bertz CT molecular complexity index is 972. The number of hydrogen-bond donors (Lipinski definition) is 3. The Hall–Kier alpha value is -2.48. The molecule has 1 heterocycles. The highest BCUT2D eigenvalue weighted by Gasteiger charge is 2.13. The molecule has 0 aliphatic rings. The topological polar surface area (TPSA) is 97.1 Å². The van der Waals surface area contributed by atoms with Crippen LogP contribution in [0.1, 0.15) is 30.3 Å². The third-order valence-electron chi connectivity index (χ3n) is 4.54. The van der Waals surface area contributed by atoms with E-state index in [9.17, 15) is 9.59 Å². The van der Waals surface area contributed by atoms with Crippen LogP contribution < -0.4 is 16.4 Å². The third-order valence-corrected chi connectivity index (χ3v) is 5.85. The van der Waals surface area contributed by atoms with E-state index in [1.165, 1.54) is 5.56 Å². The average Bonchev–Trinajstić information content (AvgIpc) is 3.19. The zero-order valence-corrected chi connectivity index (χ0v) is 19.4. The smallest absolute Gasteiger partial charge is 0.220 e. The molecule has 1 atom stereocenters. The normalized spacial score (nSPS) is 11.4. The van der Waals surface area contributed by atoms with Crippen LogP contribution in [0.3, 0.4) is 0 Å². The van der Waals surface area contributed by atoms with Gasteiger partial charge in [0.25, 0.3) is 0 Å². The van der Waals surface area contributed by atoms with Crippen molar-refractivity contribution in [3.05, 3.63) is 64.1 Å². The van der Waals surface area contributed by atoms with Gasteiger partial charge in [-0.15, -0.1) is 11.3 Å². The van der Waals surface area contributed by atoms with Crippen molar-refractivity contribution >= 4 is 45.0 Å². The summed E-state index contributed by atoms with van der Waals surface area (Å²) in [6, 6.07) is 15.6. The molecule has 2 aromatic carbocycles. The van der Waals surface area contributed by atoms with Gasteiger partial charge in [0.2, 0.25) is 11.8 Å². The van der Waals surface area contributed by atoms with Gasteiger partial charge in [0, 0.05) is 43.9 Å². The number of nitrogens with zero attached hydrogens (tertiary/aromatic N) is 1. The Morgan fingerprint density at radius 3 is 2.52 bits per heavy atom. The van der Waals surface area contributed by atoms with E-state index >= 15 is 0 Å². The minimum atomic E-state index is -0.0518. The molecule has 3 rings (SSSR count). The van der Waals surface area contributed by atoms with E-state index in [4.69, 9.17) is 17.3 Å². The fourth-order valence-electron chi connectivity index (χ4n) is 2.84. The van der Waals surface area contributed by atoms with E-state index in [-0.39, 0.29) is 17.9 Å². The zero-order chi connectivity index (χ0) is 22.6. The Labute approximate surface area is 192 Å². The van der Waals surface area contributed by atoms with Gasteiger partial charge in [-0.05, 0) is 30.2 Å². The van der Waals surface area contributed by atoms with Crippen LogP contribution in [0.4, 0.5) is 0 Å².